The van der Waals surface area contributed by atoms with Gasteiger partial charge in [0, 0.05) is 13.5 Å². The van der Waals surface area contributed by atoms with Crippen LogP contribution in [-0.2, 0) is 13.5 Å². The van der Waals surface area contributed by atoms with E-state index in [1.54, 1.807) is 0 Å². The molecule has 0 fully saturated rings. The van der Waals surface area contributed by atoms with Crippen LogP contribution in [0.5, 0.6) is 0 Å². The van der Waals surface area contributed by atoms with Gasteiger partial charge in [0.25, 0.3) is 0 Å². The van der Waals surface area contributed by atoms with Crippen LogP contribution in [-0.4, -0.2) is 30.2 Å². The van der Waals surface area contributed by atoms with Crippen molar-refractivity contribution in [2.75, 3.05) is 0 Å². The fourth-order valence-electron chi connectivity index (χ4n) is 1.66. The number of imidazole rings is 1. The lowest BCUT2D eigenvalue weighted by molar-refractivity contribution is 0.0690. The van der Waals surface area contributed by atoms with Crippen molar-refractivity contribution in [3.8, 4) is 0 Å². The third kappa shape index (κ3) is 1.95. The number of carbonyl (C=O) groups is 1. The molecule has 17 heavy (non-hydrogen) atoms. The highest BCUT2D eigenvalue weighted by Crippen LogP contribution is 2.20. The molecule has 92 valence electrons. The van der Waals surface area contributed by atoms with E-state index in [4.69, 9.17) is 5.11 Å². The zero-order chi connectivity index (χ0) is 12.7. The fraction of sp³-hybridized carbons (Fsp3) is 0.500. The van der Waals surface area contributed by atoms with Gasteiger partial charge in [-0.3, -0.25) is 4.57 Å². The van der Waals surface area contributed by atoms with Crippen molar-refractivity contribution in [3.05, 3.63) is 16.1 Å². The van der Waals surface area contributed by atoms with Crippen molar-refractivity contribution in [1.29, 1.82) is 0 Å². The zero-order valence-corrected chi connectivity index (χ0v) is 11.4. The predicted octanol–water partition coefficient (Wildman–Crippen LogP) is 1.73. The molecule has 0 spiro atoms. The fourth-order valence-corrected chi connectivity index (χ4v) is 2.16. The van der Waals surface area contributed by atoms with Crippen molar-refractivity contribution in [3.63, 3.8) is 0 Å². The largest absolute Gasteiger partial charge is 0.476 e. The Morgan fingerprint density at radius 3 is 2.65 bits per heavy atom. The minimum Gasteiger partial charge on any atom is -0.476 e. The number of halogens is 1. The summed E-state index contributed by atoms with van der Waals surface area (Å²) in [4.78, 5) is 15.0. The number of aromatic nitrogens is 4. The molecule has 0 aromatic carbocycles. The molecule has 0 radical (unpaired) electrons. The molecule has 0 bridgehead atoms. The van der Waals surface area contributed by atoms with Crippen molar-refractivity contribution < 1.29 is 9.90 Å². The first-order chi connectivity index (χ1) is 7.91. The van der Waals surface area contributed by atoms with Gasteiger partial charge in [-0.05, 0) is 21.8 Å². The molecule has 0 aliphatic heterocycles. The monoisotopic (exact) mass is 300 g/mol. The van der Waals surface area contributed by atoms with Crippen LogP contribution in [0.1, 0.15) is 30.2 Å². The molecule has 7 heteroatoms. The van der Waals surface area contributed by atoms with E-state index in [1.165, 1.54) is 4.52 Å². The van der Waals surface area contributed by atoms with Crippen LogP contribution in [0.25, 0.3) is 5.78 Å². The molecular weight excluding hydrogens is 288 g/mol. The molecule has 0 aliphatic rings. The lowest BCUT2D eigenvalue weighted by Crippen LogP contribution is -2.04. The Morgan fingerprint density at radius 2 is 2.18 bits per heavy atom. The van der Waals surface area contributed by atoms with Gasteiger partial charge in [-0.25, -0.2) is 9.78 Å². The number of aromatic carboxylic acids is 1. The van der Waals surface area contributed by atoms with Gasteiger partial charge in [-0.1, -0.05) is 13.8 Å². The number of carboxylic acid groups (broad SMARTS) is 1. The van der Waals surface area contributed by atoms with Gasteiger partial charge in [0.1, 0.15) is 10.4 Å². The number of nitrogens with zero attached hydrogens (tertiary/aromatic N) is 4. The molecule has 0 amide bonds. The van der Waals surface area contributed by atoms with Crippen LogP contribution >= 0.6 is 15.9 Å². The van der Waals surface area contributed by atoms with Crippen molar-refractivity contribution >= 4 is 27.7 Å². The lowest BCUT2D eigenvalue weighted by Gasteiger charge is -2.02. The average molecular weight is 301 g/mol. The summed E-state index contributed by atoms with van der Waals surface area (Å²) in [6, 6.07) is 0. The number of hydrogen-bond donors (Lipinski definition) is 1. The minimum atomic E-state index is -1.06. The molecule has 0 aliphatic carbocycles. The predicted molar refractivity (Wildman–Crippen MR) is 65.2 cm³/mol. The van der Waals surface area contributed by atoms with Crippen molar-refractivity contribution in [2.45, 2.75) is 20.3 Å². The molecule has 2 aromatic rings. The van der Waals surface area contributed by atoms with Crippen LogP contribution < -0.4 is 0 Å². The van der Waals surface area contributed by atoms with Gasteiger partial charge in [-0.2, -0.15) is 9.61 Å². The number of aryl methyl sites for hydroxylation is 1. The normalized spacial score (nSPS) is 11.6. The molecule has 1 N–H and O–H groups in total. The summed E-state index contributed by atoms with van der Waals surface area (Å²) >= 11 is 3.21. The summed E-state index contributed by atoms with van der Waals surface area (Å²) in [5.41, 5.74) is -0.0146. The second kappa shape index (κ2) is 4.14. The standard InChI is InChI=1S/C10H13BrN4O2/c1-5(2)4-6-13-15-8(11)7(9(16)17)12-10(15)14(6)3/h5H,4H2,1-3H3,(H,16,17). The third-order valence-corrected chi connectivity index (χ3v) is 3.19. The Hall–Kier alpha value is -1.37. The molecule has 2 aromatic heterocycles. The molecular formula is C10H13BrN4O2. The first-order valence-electron chi connectivity index (χ1n) is 5.25. The van der Waals surface area contributed by atoms with E-state index in [-0.39, 0.29) is 5.69 Å². The summed E-state index contributed by atoms with van der Waals surface area (Å²) in [7, 11) is 1.84. The van der Waals surface area contributed by atoms with E-state index in [0.717, 1.165) is 12.2 Å². The zero-order valence-electron chi connectivity index (χ0n) is 9.81. The van der Waals surface area contributed by atoms with E-state index >= 15 is 0 Å². The molecule has 0 unspecified atom stereocenters. The molecule has 0 atom stereocenters. The molecule has 6 nitrogen and oxygen atoms in total. The van der Waals surface area contributed by atoms with E-state index in [9.17, 15) is 4.79 Å². The molecule has 2 rings (SSSR count). The Labute approximate surface area is 106 Å². The smallest absolute Gasteiger partial charge is 0.357 e. The Kier molecular flexibility index (Phi) is 2.94. The number of rotatable bonds is 3. The van der Waals surface area contributed by atoms with Crippen LogP contribution in [0, 0.1) is 5.92 Å². The van der Waals surface area contributed by atoms with E-state index in [1.807, 2.05) is 11.6 Å². The maximum atomic E-state index is 10.9. The lowest BCUT2D eigenvalue weighted by atomic mass is 10.1. The first-order valence-corrected chi connectivity index (χ1v) is 6.04. The quantitative estimate of drug-likeness (QED) is 0.937. The Balaban J connectivity index is 2.58. The number of hydrogen-bond acceptors (Lipinski definition) is 3. The molecule has 2 heterocycles. The van der Waals surface area contributed by atoms with Gasteiger partial charge < -0.3 is 5.11 Å². The van der Waals surface area contributed by atoms with Crippen molar-refractivity contribution in [2.24, 2.45) is 13.0 Å². The van der Waals surface area contributed by atoms with Crippen LogP contribution in [0.15, 0.2) is 4.60 Å². The van der Waals surface area contributed by atoms with E-state index in [2.05, 4.69) is 39.9 Å². The second-order valence-electron chi connectivity index (χ2n) is 4.34. The minimum absolute atomic E-state index is 0.0146. The number of fused-ring (bicyclic) bond motifs is 1. The number of carboxylic acids is 1. The second-order valence-corrected chi connectivity index (χ2v) is 5.09. The summed E-state index contributed by atoms with van der Waals surface area (Å²) in [5, 5.41) is 13.3. The highest BCUT2D eigenvalue weighted by Gasteiger charge is 2.21. The highest BCUT2D eigenvalue weighted by atomic mass is 79.9. The van der Waals surface area contributed by atoms with E-state index < -0.39 is 5.97 Å². The van der Waals surface area contributed by atoms with Gasteiger partial charge in [0.15, 0.2) is 5.69 Å². The molecule has 0 saturated heterocycles. The van der Waals surface area contributed by atoms with Crippen LogP contribution in [0.3, 0.4) is 0 Å². The van der Waals surface area contributed by atoms with Gasteiger partial charge >= 0.3 is 5.97 Å². The van der Waals surface area contributed by atoms with Crippen LogP contribution in [0.4, 0.5) is 0 Å². The first kappa shape index (κ1) is 12.1. The van der Waals surface area contributed by atoms with Gasteiger partial charge in [0.05, 0.1) is 0 Å². The highest BCUT2D eigenvalue weighted by molar-refractivity contribution is 9.10. The topological polar surface area (TPSA) is 72.4 Å². The maximum absolute atomic E-state index is 10.9. The summed E-state index contributed by atoms with van der Waals surface area (Å²) in [6.45, 7) is 4.21. The summed E-state index contributed by atoms with van der Waals surface area (Å²) < 4.78 is 3.71. The summed E-state index contributed by atoms with van der Waals surface area (Å²) in [6.07, 6.45) is 0.828. The molecule has 0 saturated carbocycles. The maximum Gasteiger partial charge on any atom is 0.357 e. The van der Waals surface area contributed by atoms with Crippen molar-refractivity contribution in [1.82, 2.24) is 19.2 Å². The van der Waals surface area contributed by atoms with Gasteiger partial charge in [0.2, 0.25) is 5.78 Å². The average Bonchev–Trinajstić information content (AvgIpc) is 2.68. The SMILES string of the molecule is CC(C)Cc1nn2c(Br)c(C(=O)O)nc2n1C. The van der Waals surface area contributed by atoms with Gasteiger partial charge in [-0.15, -0.1) is 0 Å². The van der Waals surface area contributed by atoms with E-state index in [0.29, 0.717) is 16.3 Å². The Bertz CT molecular complexity index is 585. The Morgan fingerprint density at radius 1 is 1.53 bits per heavy atom. The summed E-state index contributed by atoms with van der Waals surface area (Å²) in [5.74, 6) is 0.844. The third-order valence-electron chi connectivity index (χ3n) is 2.48. The van der Waals surface area contributed by atoms with Crippen LogP contribution in [0.2, 0.25) is 0 Å².